The first-order valence-electron chi connectivity index (χ1n) is 12.8. The molecule has 0 fully saturated rings. The Labute approximate surface area is 249 Å². The summed E-state index contributed by atoms with van der Waals surface area (Å²) in [5, 5.41) is 8.39. The molecular weight excluding hydrogens is 689 g/mol. The molecular formula is C36H30P2Pt+2. The van der Waals surface area contributed by atoms with Gasteiger partial charge < -0.3 is 0 Å². The van der Waals surface area contributed by atoms with Crippen LogP contribution in [0.1, 0.15) is 0 Å². The van der Waals surface area contributed by atoms with Crippen molar-refractivity contribution >= 4 is 47.7 Å². The maximum atomic E-state index is 2.23. The monoisotopic (exact) mass is 719 g/mol. The second kappa shape index (κ2) is 15.5. The van der Waals surface area contributed by atoms with Crippen molar-refractivity contribution in [3.8, 4) is 0 Å². The molecule has 0 bridgehead atoms. The Morgan fingerprint density at radius 2 is 0.333 bits per heavy atom. The third-order valence-electron chi connectivity index (χ3n) is 6.09. The van der Waals surface area contributed by atoms with Crippen LogP contribution in [0.15, 0.2) is 182 Å². The molecule has 0 N–H and O–H groups in total. The molecule has 192 valence electrons. The van der Waals surface area contributed by atoms with E-state index in [1.807, 2.05) is 0 Å². The molecule has 0 aliphatic heterocycles. The molecule has 0 aromatic heterocycles. The van der Waals surface area contributed by atoms with Crippen molar-refractivity contribution in [1.82, 2.24) is 0 Å². The fraction of sp³-hybridized carbons (Fsp3) is 0. The van der Waals surface area contributed by atoms with Crippen LogP contribution in [-0.4, -0.2) is 0 Å². The van der Waals surface area contributed by atoms with Gasteiger partial charge in [-0.05, 0) is 47.7 Å². The largest absolute Gasteiger partial charge is 2.00 e. The van der Waals surface area contributed by atoms with Gasteiger partial charge in [-0.2, -0.15) is 0 Å². The van der Waals surface area contributed by atoms with Gasteiger partial charge in [0.2, 0.25) is 0 Å². The molecule has 0 unspecified atom stereocenters. The van der Waals surface area contributed by atoms with E-state index in [-0.39, 0.29) is 21.1 Å². The Hall–Kier alpha value is -3.13. The minimum atomic E-state index is -0.446. The first kappa shape index (κ1) is 28.9. The summed E-state index contributed by atoms with van der Waals surface area (Å²) in [5.41, 5.74) is 0. The fourth-order valence-corrected chi connectivity index (χ4v) is 8.97. The van der Waals surface area contributed by atoms with Gasteiger partial charge in [-0.15, -0.1) is 0 Å². The van der Waals surface area contributed by atoms with E-state index in [9.17, 15) is 0 Å². The summed E-state index contributed by atoms with van der Waals surface area (Å²) in [6.07, 6.45) is 0. The van der Waals surface area contributed by atoms with Crippen LogP contribution in [0.2, 0.25) is 0 Å². The Morgan fingerprint density at radius 1 is 0.205 bits per heavy atom. The van der Waals surface area contributed by atoms with Crippen LogP contribution < -0.4 is 31.8 Å². The minimum Gasteiger partial charge on any atom is -0.0622 e. The van der Waals surface area contributed by atoms with Gasteiger partial charge >= 0.3 is 21.1 Å². The summed E-state index contributed by atoms with van der Waals surface area (Å²) < 4.78 is 0. The molecule has 0 nitrogen and oxygen atoms in total. The maximum Gasteiger partial charge on any atom is 2.00 e. The molecule has 6 rings (SSSR count). The van der Waals surface area contributed by atoms with Crippen molar-refractivity contribution in [1.29, 1.82) is 0 Å². The maximum absolute atomic E-state index is 2.23. The molecule has 0 radical (unpaired) electrons. The molecule has 39 heavy (non-hydrogen) atoms. The number of rotatable bonds is 6. The van der Waals surface area contributed by atoms with Gasteiger partial charge in [0, 0.05) is 0 Å². The molecule has 0 spiro atoms. The zero-order valence-electron chi connectivity index (χ0n) is 21.5. The standard InChI is InChI=1S/2C18H15P.Pt/c2*1-4-10-16(11-5-1)19(17-12-6-2-7-13-17)18-14-8-3-9-15-18;/h2*1-15H;/q;;+2. The summed E-state index contributed by atoms with van der Waals surface area (Å²) in [7, 11) is -0.892. The van der Waals surface area contributed by atoms with Crippen LogP contribution in [0, 0.1) is 0 Å². The summed E-state index contributed by atoms with van der Waals surface area (Å²) in [4.78, 5) is 0. The minimum absolute atomic E-state index is 0. The van der Waals surface area contributed by atoms with Gasteiger partial charge in [0.25, 0.3) is 0 Å². The van der Waals surface area contributed by atoms with Crippen molar-refractivity contribution < 1.29 is 21.1 Å². The van der Waals surface area contributed by atoms with Crippen LogP contribution in [-0.2, 0) is 21.1 Å². The fourth-order valence-electron chi connectivity index (χ4n) is 4.36. The van der Waals surface area contributed by atoms with Gasteiger partial charge in [0.15, 0.2) is 0 Å². The van der Waals surface area contributed by atoms with Gasteiger partial charge in [-0.25, -0.2) is 0 Å². The van der Waals surface area contributed by atoms with Crippen LogP contribution in [0.4, 0.5) is 0 Å². The second-order valence-corrected chi connectivity index (χ2v) is 13.1. The Bertz CT molecular complexity index is 1170. The molecule has 3 heteroatoms. The molecule has 0 saturated heterocycles. The van der Waals surface area contributed by atoms with Crippen LogP contribution >= 0.6 is 15.8 Å². The molecule has 0 aliphatic rings. The van der Waals surface area contributed by atoms with Crippen molar-refractivity contribution in [3.05, 3.63) is 182 Å². The molecule has 0 amide bonds. The van der Waals surface area contributed by atoms with E-state index in [1.165, 1.54) is 31.8 Å². The zero-order valence-corrected chi connectivity index (χ0v) is 25.6. The average Bonchev–Trinajstić information content (AvgIpc) is 3.01. The molecule has 0 atom stereocenters. The third-order valence-corrected chi connectivity index (χ3v) is 11.0. The van der Waals surface area contributed by atoms with Crippen molar-refractivity contribution in [2.45, 2.75) is 0 Å². The summed E-state index contributed by atoms with van der Waals surface area (Å²) in [6.45, 7) is 0. The second-order valence-electron chi connectivity index (χ2n) is 8.68. The third kappa shape index (κ3) is 7.94. The van der Waals surface area contributed by atoms with E-state index in [4.69, 9.17) is 0 Å². The Morgan fingerprint density at radius 3 is 0.462 bits per heavy atom. The van der Waals surface area contributed by atoms with Crippen LogP contribution in [0.3, 0.4) is 0 Å². The molecule has 0 heterocycles. The number of benzene rings is 6. The molecule has 6 aromatic carbocycles. The summed E-state index contributed by atoms with van der Waals surface area (Å²) in [5.74, 6) is 0. The first-order valence-corrected chi connectivity index (χ1v) is 15.5. The predicted molar refractivity (Wildman–Crippen MR) is 170 cm³/mol. The zero-order chi connectivity index (χ0) is 25.8. The van der Waals surface area contributed by atoms with Crippen LogP contribution in [0.5, 0.6) is 0 Å². The van der Waals surface area contributed by atoms with Gasteiger partial charge in [0.1, 0.15) is 0 Å². The SMILES string of the molecule is [Pt+2].c1ccc(P(c2ccccc2)c2ccccc2)cc1.c1ccc(P(c2ccccc2)c2ccccc2)cc1. The van der Waals surface area contributed by atoms with Crippen LogP contribution in [0.25, 0.3) is 0 Å². The summed E-state index contributed by atoms with van der Waals surface area (Å²) >= 11 is 0. The Kier molecular flexibility index (Phi) is 11.4. The van der Waals surface area contributed by atoms with Gasteiger partial charge in [0.05, 0.1) is 0 Å². The van der Waals surface area contributed by atoms with Gasteiger partial charge in [-0.1, -0.05) is 182 Å². The van der Waals surface area contributed by atoms with Crippen molar-refractivity contribution in [2.24, 2.45) is 0 Å². The summed E-state index contributed by atoms with van der Waals surface area (Å²) in [6, 6.07) is 64.7. The predicted octanol–water partition coefficient (Wildman–Crippen LogP) is 6.89. The van der Waals surface area contributed by atoms with Gasteiger partial charge in [-0.3, -0.25) is 0 Å². The van der Waals surface area contributed by atoms with E-state index in [1.54, 1.807) is 0 Å². The van der Waals surface area contributed by atoms with E-state index in [0.717, 1.165) is 0 Å². The van der Waals surface area contributed by atoms with E-state index >= 15 is 0 Å². The molecule has 0 aliphatic carbocycles. The van der Waals surface area contributed by atoms with E-state index < -0.39 is 15.8 Å². The number of hydrogen-bond acceptors (Lipinski definition) is 0. The molecule has 0 saturated carbocycles. The Balaban J connectivity index is 0.000000176. The van der Waals surface area contributed by atoms with Crippen molar-refractivity contribution in [2.75, 3.05) is 0 Å². The topological polar surface area (TPSA) is 0 Å². The quantitative estimate of drug-likeness (QED) is 0.165. The average molecular weight is 720 g/mol. The first-order chi connectivity index (χ1) is 18.9. The smallest absolute Gasteiger partial charge is 0.0622 e. The molecule has 6 aromatic rings. The normalized spacial score (nSPS) is 10.3. The number of hydrogen-bond donors (Lipinski definition) is 0. The van der Waals surface area contributed by atoms with E-state index in [2.05, 4.69) is 182 Å². The van der Waals surface area contributed by atoms with Crippen molar-refractivity contribution in [3.63, 3.8) is 0 Å². The van der Waals surface area contributed by atoms with E-state index in [0.29, 0.717) is 0 Å².